The molecule has 7 rings (SSSR count). The van der Waals surface area contributed by atoms with Gasteiger partial charge < -0.3 is 0 Å². The second kappa shape index (κ2) is 7.98. The van der Waals surface area contributed by atoms with Gasteiger partial charge in [0.15, 0.2) is 0 Å². The van der Waals surface area contributed by atoms with E-state index in [4.69, 9.17) is 0 Å². The van der Waals surface area contributed by atoms with Crippen LogP contribution in [0.1, 0.15) is 36.8 Å². The standard InChI is InChI=1S/C32H32N2O4/c1-3-11-31-13-9-21(15-31)23-25(31)29(37)33(27(23)35)17-19-5-7-20(8-6-19)18-34-28(36)24-22-10-14-32(16-22,12-4-2)26(24)30(34)38/h3-10,13-14,21-26H,1-2,11-12,15-18H2. The third-order valence-electron chi connectivity index (χ3n) is 10.4. The van der Waals surface area contributed by atoms with E-state index in [0.29, 0.717) is 12.8 Å². The van der Waals surface area contributed by atoms with Crippen LogP contribution in [0.4, 0.5) is 0 Å². The van der Waals surface area contributed by atoms with Crippen molar-refractivity contribution in [3.05, 3.63) is 85.0 Å². The molecule has 4 aliphatic carbocycles. The molecule has 6 nitrogen and oxygen atoms in total. The Hall–Kier alpha value is -3.54. The highest BCUT2D eigenvalue weighted by atomic mass is 16.2. The number of benzene rings is 1. The molecule has 2 heterocycles. The maximum absolute atomic E-state index is 13.4. The van der Waals surface area contributed by atoms with Gasteiger partial charge in [-0.1, -0.05) is 60.7 Å². The van der Waals surface area contributed by atoms with E-state index in [1.165, 1.54) is 9.80 Å². The first-order valence-corrected chi connectivity index (χ1v) is 13.7. The lowest BCUT2D eigenvalue weighted by atomic mass is 9.72. The Balaban J connectivity index is 1.05. The van der Waals surface area contributed by atoms with E-state index in [-0.39, 0.29) is 83.1 Å². The van der Waals surface area contributed by atoms with Crippen LogP contribution in [0.2, 0.25) is 0 Å². The number of nitrogens with zero attached hydrogens (tertiary/aromatic N) is 2. The Labute approximate surface area is 222 Å². The summed E-state index contributed by atoms with van der Waals surface area (Å²) in [6, 6.07) is 7.58. The topological polar surface area (TPSA) is 74.8 Å². The largest absolute Gasteiger partial charge is 0.278 e. The number of carbonyl (C=O) groups excluding carboxylic acids is 4. The van der Waals surface area contributed by atoms with Crippen LogP contribution in [-0.2, 0) is 32.3 Å². The van der Waals surface area contributed by atoms with Crippen LogP contribution in [0.25, 0.3) is 0 Å². The summed E-state index contributed by atoms with van der Waals surface area (Å²) in [7, 11) is 0. The fourth-order valence-electron chi connectivity index (χ4n) is 8.83. The van der Waals surface area contributed by atoms with E-state index >= 15 is 0 Å². The normalized spacial score (nSPS) is 39.6. The zero-order valence-corrected chi connectivity index (χ0v) is 21.4. The molecular weight excluding hydrogens is 476 g/mol. The van der Waals surface area contributed by atoms with Gasteiger partial charge in [-0.3, -0.25) is 29.0 Å². The van der Waals surface area contributed by atoms with E-state index in [9.17, 15) is 19.2 Å². The molecule has 2 saturated carbocycles. The van der Waals surface area contributed by atoms with E-state index in [1.807, 2.05) is 36.4 Å². The highest BCUT2D eigenvalue weighted by Gasteiger charge is 2.66. The van der Waals surface area contributed by atoms with E-state index < -0.39 is 0 Å². The summed E-state index contributed by atoms with van der Waals surface area (Å²) in [4.78, 5) is 56.3. The number of imide groups is 2. The van der Waals surface area contributed by atoms with Gasteiger partial charge in [0, 0.05) is 10.8 Å². The molecular formula is C32H32N2O4. The number of likely N-dealkylation sites (tertiary alicyclic amines) is 2. The number of hydrogen-bond acceptors (Lipinski definition) is 4. The minimum atomic E-state index is -0.289. The molecule has 0 radical (unpaired) electrons. The van der Waals surface area contributed by atoms with Crippen LogP contribution >= 0.6 is 0 Å². The SMILES string of the molecule is C=CCC12C=CC(C1)C1C(=O)N(Cc3ccc(CN4C(=O)C5C6C=CC(CC=C)(C6)C5C4=O)cc3)C(=O)C12. The lowest BCUT2D eigenvalue weighted by Gasteiger charge is -2.29. The first kappa shape index (κ1) is 23.6. The van der Waals surface area contributed by atoms with Crippen molar-refractivity contribution < 1.29 is 19.2 Å². The van der Waals surface area contributed by atoms with Crippen molar-refractivity contribution in [2.24, 2.45) is 46.3 Å². The van der Waals surface area contributed by atoms with E-state index in [2.05, 4.69) is 37.5 Å². The average molecular weight is 509 g/mol. The number of fused-ring (bicyclic) bond motifs is 10. The first-order valence-electron chi connectivity index (χ1n) is 13.7. The second-order valence-electron chi connectivity index (χ2n) is 12.3. The number of rotatable bonds is 8. The van der Waals surface area contributed by atoms with Crippen molar-refractivity contribution in [2.75, 3.05) is 0 Å². The zero-order valence-electron chi connectivity index (χ0n) is 21.4. The molecule has 1 aromatic carbocycles. The van der Waals surface area contributed by atoms with E-state index in [0.717, 1.165) is 24.0 Å². The molecule has 0 aromatic heterocycles. The molecule has 4 amide bonds. The van der Waals surface area contributed by atoms with Gasteiger partial charge in [-0.25, -0.2) is 0 Å². The van der Waals surface area contributed by atoms with Crippen LogP contribution in [0.5, 0.6) is 0 Å². The Morgan fingerprint density at radius 2 is 1.08 bits per heavy atom. The summed E-state index contributed by atoms with van der Waals surface area (Å²) in [5.41, 5.74) is 1.18. The molecule has 6 aliphatic rings. The summed E-state index contributed by atoms with van der Waals surface area (Å²) in [6.07, 6.45) is 15.4. The molecule has 1 aromatic rings. The molecule has 4 fully saturated rings. The zero-order chi connectivity index (χ0) is 26.4. The number of carbonyl (C=O) groups is 4. The van der Waals surface area contributed by atoms with Crippen molar-refractivity contribution in [3.8, 4) is 0 Å². The minimum absolute atomic E-state index is 0.0687. The monoisotopic (exact) mass is 508 g/mol. The van der Waals surface area contributed by atoms with Gasteiger partial charge in [0.1, 0.15) is 0 Å². The lowest BCUT2D eigenvalue weighted by molar-refractivity contribution is -0.143. The third-order valence-corrected chi connectivity index (χ3v) is 10.4. The van der Waals surface area contributed by atoms with Gasteiger partial charge in [0.25, 0.3) is 0 Å². The van der Waals surface area contributed by atoms with Gasteiger partial charge in [0.2, 0.25) is 23.6 Å². The molecule has 8 atom stereocenters. The highest BCUT2D eigenvalue weighted by Crippen LogP contribution is 2.63. The number of amides is 4. The first-order chi connectivity index (χ1) is 18.3. The van der Waals surface area contributed by atoms with Crippen LogP contribution < -0.4 is 0 Å². The summed E-state index contributed by atoms with van der Waals surface area (Å²) in [5.74, 6) is -1.11. The van der Waals surface area contributed by atoms with Gasteiger partial charge in [0.05, 0.1) is 36.8 Å². The maximum atomic E-state index is 13.4. The number of hydrogen-bond donors (Lipinski definition) is 0. The predicted octanol–water partition coefficient (Wildman–Crippen LogP) is 4.19. The summed E-state index contributed by atoms with van der Waals surface area (Å²) < 4.78 is 0. The van der Waals surface area contributed by atoms with Crippen molar-refractivity contribution in [1.29, 1.82) is 0 Å². The van der Waals surface area contributed by atoms with E-state index in [1.54, 1.807) is 0 Å². The Kier molecular flexibility index (Phi) is 4.95. The molecule has 2 aliphatic heterocycles. The third kappa shape index (κ3) is 2.94. The van der Waals surface area contributed by atoms with Gasteiger partial charge in [-0.2, -0.15) is 0 Å². The molecule has 38 heavy (non-hydrogen) atoms. The van der Waals surface area contributed by atoms with Gasteiger partial charge >= 0.3 is 0 Å². The Morgan fingerprint density at radius 1 is 0.684 bits per heavy atom. The predicted molar refractivity (Wildman–Crippen MR) is 141 cm³/mol. The second-order valence-corrected chi connectivity index (χ2v) is 12.3. The summed E-state index contributed by atoms with van der Waals surface area (Å²) in [6.45, 7) is 8.24. The van der Waals surface area contributed by atoms with Crippen LogP contribution in [-0.4, -0.2) is 33.4 Å². The number of allylic oxidation sites excluding steroid dienone is 6. The van der Waals surface area contributed by atoms with Crippen molar-refractivity contribution in [1.82, 2.24) is 9.80 Å². The average Bonchev–Trinajstić information content (AvgIpc) is 3.72. The fraction of sp³-hybridized carbons (Fsp3) is 0.438. The van der Waals surface area contributed by atoms with Gasteiger partial charge in [-0.05, 0) is 48.6 Å². The Morgan fingerprint density at radius 3 is 1.45 bits per heavy atom. The van der Waals surface area contributed by atoms with Crippen LogP contribution in [0.3, 0.4) is 0 Å². The molecule has 194 valence electrons. The van der Waals surface area contributed by atoms with Crippen molar-refractivity contribution in [2.45, 2.75) is 38.8 Å². The summed E-state index contributed by atoms with van der Waals surface area (Å²) >= 11 is 0. The molecule has 0 N–H and O–H groups in total. The fourth-order valence-corrected chi connectivity index (χ4v) is 8.83. The Bertz CT molecular complexity index is 1250. The quantitative estimate of drug-likeness (QED) is 0.390. The minimum Gasteiger partial charge on any atom is -0.278 e. The molecule has 0 spiro atoms. The van der Waals surface area contributed by atoms with Gasteiger partial charge in [-0.15, -0.1) is 13.2 Å². The summed E-state index contributed by atoms with van der Waals surface area (Å²) in [5, 5.41) is 0. The van der Waals surface area contributed by atoms with Crippen molar-refractivity contribution in [3.63, 3.8) is 0 Å². The molecule has 6 heteroatoms. The molecule has 8 unspecified atom stereocenters. The molecule has 4 bridgehead atoms. The van der Waals surface area contributed by atoms with Crippen molar-refractivity contribution >= 4 is 23.6 Å². The highest BCUT2D eigenvalue weighted by molar-refractivity contribution is 6.07. The maximum Gasteiger partial charge on any atom is 0.234 e. The van der Waals surface area contributed by atoms with Crippen LogP contribution in [0.15, 0.2) is 73.9 Å². The lowest BCUT2D eigenvalue weighted by Crippen LogP contribution is -2.35. The molecule has 2 saturated heterocycles. The van der Waals surface area contributed by atoms with Crippen LogP contribution in [0, 0.1) is 46.3 Å². The smallest absolute Gasteiger partial charge is 0.234 e.